The van der Waals surface area contributed by atoms with Crippen LogP contribution >= 0.6 is 0 Å². The van der Waals surface area contributed by atoms with Crippen molar-refractivity contribution in [3.8, 4) is 5.75 Å². The minimum atomic E-state index is -3.11. The van der Waals surface area contributed by atoms with Gasteiger partial charge in [-0.1, -0.05) is 0 Å². The van der Waals surface area contributed by atoms with E-state index in [0.717, 1.165) is 17.9 Å². The van der Waals surface area contributed by atoms with Gasteiger partial charge in [0, 0.05) is 12.1 Å². The van der Waals surface area contributed by atoms with Crippen LogP contribution in [0.3, 0.4) is 0 Å². The van der Waals surface area contributed by atoms with Gasteiger partial charge in [-0.05, 0) is 26.0 Å². The maximum absolute atomic E-state index is 13.5. The van der Waals surface area contributed by atoms with E-state index in [4.69, 9.17) is 10.2 Å². The van der Waals surface area contributed by atoms with Crippen LogP contribution in [0.15, 0.2) is 28.7 Å². The molecule has 1 aromatic carbocycles. The molecule has 0 amide bonds. The fourth-order valence-electron chi connectivity index (χ4n) is 1.87. The summed E-state index contributed by atoms with van der Waals surface area (Å²) in [7, 11) is 0. The van der Waals surface area contributed by atoms with Gasteiger partial charge in [-0.2, -0.15) is 8.78 Å². The molecule has 0 aliphatic carbocycles. The van der Waals surface area contributed by atoms with Crippen molar-refractivity contribution >= 4 is 11.4 Å². The summed E-state index contributed by atoms with van der Waals surface area (Å²) in [6.45, 7) is 0.493. The van der Waals surface area contributed by atoms with Gasteiger partial charge in [-0.15, -0.1) is 0 Å². The van der Waals surface area contributed by atoms with Crippen LogP contribution in [0.4, 0.5) is 24.5 Å². The van der Waals surface area contributed by atoms with Gasteiger partial charge >= 0.3 is 6.61 Å². The Hall–Kier alpha value is -2.31. The van der Waals surface area contributed by atoms with Crippen LogP contribution in [0, 0.1) is 12.7 Å². The van der Waals surface area contributed by atoms with Crippen molar-refractivity contribution in [2.24, 2.45) is 0 Å². The van der Waals surface area contributed by atoms with Crippen molar-refractivity contribution in [3.63, 3.8) is 0 Å². The van der Waals surface area contributed by atoms with Crippen LogP contribution in [-0.4, -0.2) is 6.61 Å². The van der Waals surface area contributed by atoms with Crippen molar-refractivity contribution in [1.29, 1.82) is 0 Å². The monoisotopic (exact) mass is 300 g/mol. The van der Waals surface area contributed by atoms with E-state index in [1.165, 1.54) is 0 Å². The molecule has 0 saturated heterocycles. The Morgan fingerprint density at radius 2 is 2.00 bits per heavy atom. The van der Waals surface area contributed by atoms with Crippen LogP contribution in [0.1, 0.15) is 24.5 Å². The quantitative estimate of drug-likeness (QED) is 0.817. The minimum absolute atomic E-state index is 0.0873. The maximum Gasteiger partial charge on any atom is 0.387 e. The first kappa shape index (κ1) is 15.1. The first-order valence-corrected chi connectivity index (χ1v) is 6.23. The summed E-state index contributed by atoms with van der Waals surface area (Å²) in [6.07, 6.45) is 0. The first-order valence-electron chi connectivity index (χ1n) is 6.23. The van der Waals surface area contributed by atoms with E-state index in [1.807, 2.05) is 0 Å². The molecule has 0 aliphatic heterocycles. The molecule has 0 spiro atoms. The number of ether oxygens (including phenoxy) is 1. The predicted octanol–water partition coefficient (Wildman–Crippen LogP) is 4.08. The van der Waals surface area contributed by atoms with E-state index in [9.17, 15) is 13.2 Å². The van der Waals surface area contributed by atoms with Crippen molar-refractivity contribution in [2.45, 2.75) is 26.5 Å². The molecule has 0 aliphatic rings. The van der Waals surface area contributed by atoms with Crippen molar-refractivity contribution in [3.05, 3.63) is 41.6 Å². The third-order valence-electron chi connectivity index (χ3n) is 2.88. The van der Waals surface area contributed by atoms with Gasteiger partial charge in [0.15, 0.2) is 11.6 Å². The van der Waals surface area contributed by atoms with E-state index in [0.29, 0.717) is 5.76 Å². The van der Waals surface area contributed by atoms with Crippen LogP contribution in [0.5, 0.6) is 5.75 Å². The average Bonchev–Trinajstić information content (AvgIpc) is 2.81. The van der Waals surface area contributed by atoms with E-state index in [1.54, 1.807) is 26.0 Å². The number of nitrogens with one attached hydrogen (secondary N) is 1. The van der Waals surface area contributed by atoms with Gasteiger partial charge in [0.25, 0.3) is 0 Å². The Kier molecular flexibility index (Phi) is 4.30. The summed E-state index contributed by atoms with van der Waals surface area (Å²) < 4.78 is 47.4. The fraction of sp³-hybridized carbons (Fsp3) is 0.286. The Morgan fingerprint density at radius 1 is 1.29 bits per heavy atom. The number of benzene rings is 1. The number of hydrogen-bond donors (Lipinski definition) is 2. The van der Waals surface area contributed by atoms with Crippen LogP contribution in [-0.2, 0) is 0 Å². The number of hydrogen-bond acceptors (Lipinski definition) is 4. The summed E-state index contributed by atoms with van der Waals surface area (Å²) in [5.41, 5.74) is 6.05. The summed E-state index contributed by atoms with van der Waals surface area (Å²) in [4.78, 5) is 0. The molecule has 1 atom stereocenters. The van der Waals surface area contributed by atoms with E-state index >= 15 is 0 Å². The SMILES string of the molecule is Cc1ccc(C(C)Nc2cc(OC(F)F)c(F)cc2N)o1. The highest BCUT2D eigenvalue weighted by atomic mass is 19.3. The van der Waals surface area contributed by atoms with Gasteiger partial charge in [0.05, 0.1) is 17.4 Å². The van der Waals surface area contributed by atoms with Gasteiger partial charge in [0.2, 0.25) is 0 Å². The molecular weight excluding hydrogens is 285 g/mol. The van der Waals surface area contributed by atoms with Crippen LogP contribution < -0.4 is 15.8 Å². The number of nitrogen functional groups attached to an aromatic ring is 1. The molecule has 1 unspecified atom stereocenters. The third kappa shape index (κ3) is 3.62. The average molecular weight is 300 g/mol. The molecule has 0 radical (unpaired) electrons. The molecule has 21 heavy (non-hydrogen) atoms. The normalized spacial score (nSPS) is 12.5. The Morgan fingerprint density at radius 3 is 2.57 bits per heavy atom. The van der Waals surface area contributed by atoms with Crippen LogP contribution in [0.2, 0.25) is 0 Å². The van der Waals surface area contributed by atoms with Crippen molar-refractivity contribution in [1.82, 2.24) is 0 Å². The molecule has 7 heteroatoms. The Balaban J connectivity index is 2.22. The second-order valence-corrected chi connectivity index (χ2v) is 4.56. The molecule has 0 saturated carbocycles. The number of rotatable bonds is 5. The first-order chi connectivity index (χ1) is 9.86. The molecule has 114 valence electrons. The van der Waals surface area contributed by atoms with Crippen molar-refractivity contribution in [2.75, 3.05) is 11.1 Å². The highest BCUT2D eigenvalue weighted by Crippen LogP contribution is 2.32. The minimum Gasteiger partial charge on any atom is -0.464 e. The van der Waals surface area contributed by atoms with Gasteiger partial charge in [-0.3, -0.25) is 0 Å². The second kappa shape index (κ2) is 5.99. The van der Waals surface area contributed by atoms with Crippen molar-refractivity contribution < 1.29 is 22.3 Å². The molecule has 4 nitrogen and oxygen atoms in total. The highest BCUT2D eigenvalue weighted by Gasteiger charge is 2.16. The molecule has 2 aromatic rings. The standard InChI is InChI=1S/C14H15F3N2O2/c1-7-3-4-12(20-7)8(2)19-11-6-13(21-14(16)17)9(15)5-10(11)18/h3-6,8,14,19H,18H2,1-2H3. The predicted molar refractivity (Wildman–Crippen MR) is 72.9 cm³/mol. The van der Waals surface area contributed by atoms with Gasteiger partial charge in [-0.25, -0.2) is 4.39 Å². The molecule has 3 N–H and O–H groups in total. The molecule has 1 heterocycles. The largest absolute Gasteiger partial charge is 0.464 e. The summed E-state index contributed by atoms with van der Waals surface area (Å²) in [5, 5.41) is 2.97. The number of alkyl halides is 2. The third-order valence-corrected chi connectivity index (χ3v) is 2.88. The molecule has 0 bridgehead atoms. The zero-order valence-corrected chi connectivity index (χ0v) is 11.5. The highest BCUT2D eigenvalue weighted by molar-refractivity contribution is 5.69. The molecule has 2 rings (SSSR count). The van der Waals surface area contributed by atoms with Gasteiger partial charge in [0.1, 0.15) is 11.5 Å². The number of furan rings is 1. The summed E-state index contributed by atoms with van der Waals surface area (Å²) in [6, 6.07) is 5.34. The lowest BCUT2D eigenvalue weighted by molar-refractivity contribution is -0.0521. The topological polar surface area (TPSA) is 60.4 Å². The second-order valence-electron chi connectivity index (χ2n) is 4.56. The molecule has 0 fully saturated rings. The molecule has 1 aromatic heterocycles. The number of halogens is 3. The Bertz CT molecular complexity index is 629. The maximum atomic E-state index is 13.5. The lowest BCUT2D eigenvalue weighted by atomic mass is 10.2. The zero-order valence-electron chi connectivity index (χ0n) is 11.5. The number of aryl methyl sites for hydroxylation is 1. The van der Waals surface area contributed by atoms with E-state index in [-0.39, 0.29) is 17.4 Å². The smallest absolute Gasteiger partial charge is 0.387 e. The lowest BCUT2D eigenvalue weighted by Crippen LogP contribution is -2.10. The molecular formula is C14H15F3N2O2. The fourth-order valence-corrected chi connectivity index (χ4v) is 1.87. The zero-order chi connectivity index (χ0) is 15.6. The van der Waals surface area contributed by atoms with Gasteiger partial charge < -0.3 is 20.2 Å². The van der Waals surface area contributed by atoms with E-state index < -0.39 is 18.2 Å². The lowest BCUT2D eigenvalue weighted by Gasteiger charge is -2.16. The Labute approximate surface area is 119 Å². The summed E-state index contributed by atoms with van der Waals surface area (Å²) >= 11 is 0. The summed E-state index contributed by atoms with van der Waals surface area (Å²) in [5.74, 6) is -0.121. The van der Waals surface area contributed by atoms with E-state index in [2.05, 4.69) is 10.1 Å². The number of anilines is 2. The number of nitrogens with two attached hydrogens (primary N) is 1. The van der Waals surface area contributed by atoms with Crippen LogP contribution in [0.25, 0.3) is 0 Å².